The molecule has 26 heavy (non-hydrogen) atoms. The number of aryl methyl sites for hydroxylation is 1. The topological polar surface area (TPSA) is 95.5 Å². The lowest BCUT2D eigenvalue weighted by Gasteiger charge is -2.14. The Balaban J connectivity index is 1.77. The van der Waals surface area contributed by atoms with E-state index in [9.17, 15) is 18.3 Å². The van der Waals surface area contributed by atoms with E-state index in [2.05, 4.69) is 10.0 Å². The molecule has 8 heteroatoms. The summed E-state index contributed by atoms with van der Waals surface area (Å²) in [5, 5.41) is 12.7. The number of hydrogen-bond acceptors (Lipinski definition) is 5. The van der Waals surface area contributed by atoms with Crippen molar-refractivity contribution in [3.8, 4) is 0 Å². The minimum absolute atomic E-state index is 0.0609. The Morgan fingerprint density at radius 2 is 2.08 bits per heavy atom. The molecule has 0 amide bonds. The van der Waals surface area contributed by atoms with E-state index >= 15 is 0 Å². The molecular weight excluding hydrogens is 372 g/mol. The van der Waals surface area contributed by atoms with Gasteiger partial charge in [0.1, 0.15) is 4.21 Å². The van der Waals surface area contributed by atoms with Gasteiger partial charge < -0.3 is 10.4 Å². The molecule has 1 aliphatic rings. The Bertz CT molecular complexity index is 891. The van der Waals surface area contributed by atoms with E-state index in [1.165, 1.54) is 0 Å². The molecule has 3 rings (SSSR count). The maximum absolute atomic E-state index is 12.8. The standard InChI is InChI=1S/C18H22N2O4S2/c1-12(7-8-13-5-3-2-4-6-13)20-26(23,24)18-16(17(21)22)14-9-10-19-11-15(14)25-18/h2-6,12,19-20H,7-11H2,1H3,(H,21,22). The third-order valence-corrected chi connectivity index (χ3v) is 7.76. The van der Waals surface area contributed by atoms with Crippen LogP contribution in [0, 0.1) is 0 Å². The summed E-state index contributed by atoms with van der Waals surface area (Å²) in [6.45, 7) is 2.97. The molecule has 0 saturated heterocycles. The van der Waals surface area contributed by atoms with Crippen LogP contribution in [0.3, 0.4) is 0 Å². The van der Waals surface area contributed by atoms with E-state index < -0.39 is 16.0 Å². The van der Waals surface area contributed by atoms with Gasteiger partial charge in [0.2, 0.25) is 0 Å². The van der Waals surface area contributed by atoms with Gasteiger partial charge in [-0.3, -0.25) is 0 Å². The Kier molecular flexibility index (Phi) is 5.76. The normalized spacial score (nSPS) is 15.4. The SMILES string of the molecule is CC(CCc1ccccc1)NS(=O)(=O)c1sc2c(c1C(=O)O)CCNC2. The second-order valence-corrected chi connectivity index (χ2v) is 9.46. The first-order valence-electron chi connectivity index (χ1n) is 8.53. The second kappa shape index (κ2) is 7.87. The van der Waals surface area contributed by atoms with Crippen LogP contribution in [0.5, 0.6) is 0 Å². The number of carboxylic acids is 1. The molecule has 1 atom stereocenters. The van der Waals surface area contributed by atoms with Gasteiger partial charge in [-0.05, 0) is 43.9 Å². The van der Waals surface area contributed by atoms with Gasteiger partial charge in [0.25, 0.3) is 10.0 Å². The monoisotopic (exact) mass is 394 g/mol. The van der Waals surface area contributed by atoms with Gasteiger partial charge in [-0.15, -0.1) is 11.3 Å². The molecule has 0 aliphatic carbocycles. The Morgan fingerprint density at radius 1 is 1.35 bits per heavy atom. The lowest BCUT2D eigenvalue weighted by Crippen LogP contribution is -2.33. The summed E-state index contributed by atoms with van der Waals surface area (Å²) in [5.74, 6) is -1.18. The fourth-order valence-electron chi connectivity index (χ4n) is 3.12. The molecule has 0 radical (unpaired) electrons. The van der Waals surface area contributed by atoms with Crippen molar-refractivity contribution in [2.45, 2.75) is 43.0 Å². The molecule has 1 aromatic carbocycles. The molecule has 2 aromatic rings. The predicted molar refractivity (Wildman–Crippen MR) is 101 cm³/mol. The van der Waals surface area contributed by atoms with E-state index in [1.54, 1.807) is 6.92 Å². The van der Waals surface area contributed by atoms with Crippen molar-refractivity contribution in [2.75, 3.05) is 6.54 Å². The van der Waals surface area contributed by atoms with Crippen LogP contribution in [0.25, 0.3) is 0 Å². The maximum Gasteiger partial charge on any atom is 0.338 e. The lowest BCUT2D eigenvalue weighted by molar-refractivity contribution is 0.0692. The molecule has 6 nitrogen and oxygen atoms in total. The van der Waals surface area contributed by atoms with Gasteiger partial charge in [0.15, 0.2) is 0 Å². The van der Waals surface area contributed by atoms with Crippen LogP contribution in [0.15, 0.2) is 34.5 Å². The molecule has 140 valence electrons. The van der Waals surface area contributed by atoms with Crippen LogP contribution >= 0.6 is 11.3 Å². The first kappa shape index (κ1) is 19.0. The summed E-state index contributed by atoms with van der Waals surface area (Å²) in [7, 11) is -3.87. The largest absolute Gasteiger partial charge is 0.478 e. The van der Waals surface area contributed by atoms with Crippen molar-refractivity contribution in [2.24, 2.45) is 0 Å². The van der Waals surface area contributed by atoms with E-state index in [0.29, 0.717) is 31.5 Å². The summed E-state index contributed by atoms with van der Waals surface area (Å²) in [4.78, 5) is 12.5. The number of fused-ring (bicyclic) bond motifs is 1. The number of nitrogens with one attached hydrogen (secondary N) is 2. The van der Waals surface area contributed by atoms with Gasteiger partial charge in [-0.25, -0.2) is 17.9 Å². The summed E-state index contributed by atoms with van der Waals surface area (Å²) >= 11 is 1.06. The number of rotatable bonds is 7. The van der Waals surface area contributed by atoms with E-state index in [4.69, 9.17) is 0 Å². The molecule has 0 fully saturated rings. The van der Waals surface area contributed by atoms with Crippen molar-refractivity contribution < 1.29 is 18.3 Å². The molecule has 1 aromatic heterocycles. The Labute approximate surface area is 157 Å². The average Bonchev–Trinajstić information content (AvgIpc) is 3.01. The number of aromatic carboxylic acids is 1. The van der Waals surface area contributed by atoms with Crippen LogP contribution in [0.4, 0.5) is 0 Å². The third kappa shape index (κ3) is 4.15. The summed E-state index contributed by atoms with van der Waals surface area (Å²) in [5.41, 5.74) is 1.73. The fraction of sp³-hybridized carbons (Fsp3) is 0.389. The highest BCUT2D eigenvalue weighted by Gasteiger charge is 2.32. The van der Waals surface area contributed by atoms with Gasteiger partial charge in [-0.2, -0.15) is 0 Å². The first-order valence-corrected chi connectivity index (χ1v) is 10.8. The maximum atomic E-state index is 12.8. The predicted octanol–water partition coefficient (Wildman–Crippen LogP) is 2.39. The van der Waals surface area contributed by atoms with Crippen molar-refractivity contribution in [1.29, 1.82) is 0 Å². The van der Waals surface area contributed by atoms with Crippen LogP contribution in [0.2, 0.25) is 0 Å². The molecular formula is C18H22N2O4S2. The summed E-state index contributed by atoms with van der Waals surface area (Å²) in [6.07, 6.45) is 1.92. The van der Waals surface area contributed by atoms with Crippen LogP contribution < -0.4 is 10.0 Å². The summed E-state index contributed by atoms with van der Waals surface area (Å²) in [6, 6.07) is 9.56. The van der Waals surface area contributed by atoms with Gasteiger partial charge >= 0.3 is 5.97 Å². The number of sulfonamides is 1. The van der Waals surface area contributed by atoms with E-state index in [-0.39, 0.29) is 15.8 Å². The van der Waals surface area contributed by atoms with Crippen molar-refractivity contribution in [3.63, 3.8) is 0 Å². The number of hydrogen-bond donors (Lipinski definition) is 3. The van der Waals surface area contributed by atoms with Crippen LogP contribution in [-0.2, 0) is 29.4 Å². The molecule has 0 saturated carbocycles. The zero-order valence-corrected chi connectivity index (χ0v) is 16.1. The molecule has 2 heterocycles. The minimum Gasteiger partial charge on any atom is -0.478 e. The highest BCUT2D eigenvalue weighted by Crippen LogP contribution is 2.34. The Hall–Kier alpha value is -1.74. The quantitative estimate of drug-likeness (QED) is 0.670. The minimum atomic E-state index is -3.87. The molecule has 3 N–H and O–H groups in total. The van der Waals surface area contributed by atoms with E-state index in [0.717, 1.165) is 28.2 Å². The van der Waals surface area contributed by atoms with Crippen LogP contribution in [-0.4, -0.2) is 32.1 Å². The van der Waals surface area contributed by atoms with Gasteiger partial charge in [0.05, 0.1) is 5.56 Å². The molecule has 1 unspecified atom stereocenters. The van der Waals surface area contributed by atoms with Gasteiger partial charge in [0, 0.05) is 17.5 Å². The number of carbonyl (C=O) groups is 1. The van der Waals surface area contributed by atoms with E-state index in [1.807, 2.05) is 30.3 Å². The zero-order chi connectivity index (χ0) is 18.7. The Morgan fingerprint density at radius 3 is 2.77 bits per heavy atom. The number of carboxylic acid groups (broad SMARTS) is 1. The van der Waals surface area contributed by atoms with Crippen molar-refractivity contribution >= 4 is 27.3 Å². The molecule has 1 aliphatic heterocycles. The highest BCUT2D eigenvalue weighted by molar-refractivity contribution is 7.91. The van der Waals surface area contributed by atoms with Gasteiger partial charge in [-0.1, -0.05) is 30.3 Å². The third-order valence-electron chi connectivity index (χ3n) is 4.42. The van der Waals surface area contributed by atoms with Crippen molar-refractivity contribution in [3.05, 3.63) is 51.9 Å². The summed E-state index contributed by atoms with van der Waals surface area (Å²) < 4.78 is 28.2. The van der Waals surface area contributed by atoms with Crippen molar-refractivity contribution in [1.82, 2.24) is 10.0 Å². The smallest absolute Gasteiger partial charge is 0.338 e. The first-order chi connectivity index (χ1) is 12.4. The molecule has 0 bridgehead atoms. The fourth-order valence-corrected chi connectivity index (χ4v) is 6.28. The zero-order valence-electron chi connectivity index (χ0n) is 14.5. The second-order valence-electron chi connectivity index (χ2n) is 6.44. The average molecular weight is 395 g/mol. The molecule has 0 spiro atoms. The number of thiophene rings is 1. The number of benzene rings is 1. The lowest BCUT2D eigenvalue weighted by atomic mass is 10.1. The highest BCUT2D eigenvalue weighted by atomic mass is 32.2. The van der Waals surface area contributed by atoms with Crippen LogP contribution in [0.1, 0.15) is 39.7 Å².